The first kappa shape index (κ1) is 27.1. The summed E-state index contributed by atoms with van der Waals surface area (Å²) in [6.07, 6.45) is 3.27. The van der Waals surface area contributed by atoms with Crippen molar-refractivity contribution in [2.45, 2.75) is 44.6 Å². The number of hydrogen-bond acceptors (Lipinski definition) is 4. The molecule has 0 aliphatic carbocycles. The van der Waals surface area contributed by atoms with Crippen LogP contribution in [0.4, 0.5) is 0 Å². The molecule has 40 heavy (non-hydrogen) atoms. The van der Waals surface area contributed by atoms with Gasteiger partial charge in [0.2, 0.25) is 5.56 Å². The summed E-state index contributed by atoms with van der Waals surface area (Å²) in [5, 5.41) is 21.5. The number of rotatable bonds is 11. The highest BCUT2D eigenvalue weighted by Crippen LogP contribution is 2.31. The summed E-state index contributed by atoms with van der Waals surface area (Å²) in [7, 11) is 0. The maximum atomic E-state index is 12.8. The Hall–Kier alpha value is -4.48. The summed E-state index contributed by atoms with van der Waals surface area (Å²) >= 11 is 0. The zero-order valence-electron chi connectivity index (χ0n) is 22.3. The minimum Gasteiger partial charge on any atom is -0.506 e. The summed E-state index contributed by atoms with van der Waals surface area (Å²) in [5.41, 5.74) is 6.28. The van der Waals surface area contributed by atoms with E-state index in [4.69, 9.17) is 0 Å². The normalized spacial score (nSPS) is 11.9. The monoisotopic (exact) mass is 531 g/mol. The number of aromatic amines is 1. The number of phenols is 1. The minimum atomic E-state index is -0.695. The smallest absolute Gasteiger partial charge is 0.248 e. The van der Waals surface area contributed by atoms with Gasteiger partial charge in [-0.1, -0.05) is 91.3 Å². The van der Waals surface area contributed by atoms with Gasteiger partial charge in [0.05, 0.1) is 11.6 Å². The van der Waals surface area contributed by atoms with Crippen molar-refractivity contribution in [1.82, 2.24) is 4.98 Å². The number of H-pyrrole nitrogens is 1. The van der Waals surface area contributed by atoms with Gasteiger partial charge < -0.3 is 15.2 Å². The Labute approximate surface area is 233 Å². The average Bonchev–Trinajstić information content (AvgIpc) is 2.97. The highest BCUT2D eigenvalue weighted by atomic mass is 16.3. The molecule has 5 heteroatoms. The minimum absolute atomic E-state index is 0.0111. The van der Waals surface area contributed by atoms with Crippen LogP contribution in [-0.2, 0) is 24.1 Å². The first-order valence-corrected chi connectivity index (χ1v) is 13.7. The Morgan fingerprint density at radius 3 is 2.25 bits per heavy atom. The van der Waals surface area contributed by atoms with Crippen LogP contribution in [0, 0.1) is 0 Å². The second-order valence-electron chi connectivity index (χ2n) is 10.3. The number of fused-ring (bicyclic) bond motifs is 1. The van der Waals surface area contributed by atoms with E-state index in [9.17, 15) is 19.8 Å². The fourth-order valence-electron chi connectivity index (χ4n) is 5.23. The Morgan fingerprint density at radius 2 is 1.45 bits per heavy atom. The number of aliphatic hydroxyl groups is 1. The molecule has 3 N–H and O–H groups in total. The second kappa shape index (κ2) is 12.6. The maximum absolute atomic E-state index is 12.8. The third-order valence-electron chi connectivity index (χ3n) is 7.31. The lowest BCUT2D eigenvalue weighted by molar-refractivity contribution is -0.117. The van der Waals surface area contributed by atoms with Crippen LogP contribution in [0.1, 0.15) is 47.6 Å². The molecule has 5 aromatic rings. The zero-order chi connectivity index (χ0) is 27.9. The summed E-state index contributed by atoms with van der Waals surface area (Å²) in [5.74, 6) is 0.179. The number of carbonyl (C=O) groups is 1. The lowest BCUT2D eigenvalue weighted by atomic mass is 9.96. The topological polar surface area (TPSA) is 90.4 Å². The first-order chi connectivity index (χ1) is 19.5. The number of hydrogen-bond donors (Lipinski definition) is 3. The number of aliphatic hydroxyl groups excluding tert-OH is 1. The van der Waals surface area contributed by atoms with Crippen LogP contribution in [0.3, 0.4) is 0 Å². The summed E-state index contributed by atoms with van der Waals surface area (Å²) in [6, 6.07) is 32.9. The fourth-order valence-corrected chi connectivity index (χ4v) is 5.23. The molecule has 1 unspecified atom stereocenters. The van der Waals surface area contributed by atoms with Crippen LogP contribution < -0.4 is 5.56 Å². The number of Topliss-reactive ketones (excluding diaryl/α,β-unsaturated/α-hetero) is 1. The highest BCUT2D eigenvalue weighted by molar-refractivity contribution is 5.87. The van der Waals surface area contributed by atoms with Crippen molar-refractivity contribution in [2.75, 3.05) is 0 Å². The van der Waals surface area contributed by atoms with Crippen LogP contribution in [0.15, 0.2) is 108 Å². The number of pyridine rings is 1. The van der Waals surface area contributed by atoms with E-state index >= 15 is 0 Å². The van der Waals surface area contributed by atoms with Crippen LogP contribution in [0.25, 0.3) is 22.0 Å². The van der Waals surface area contributed by atoms with E-state index in [0.717, 1.165) is 41.5 Å². The lowest BCUT2D eigenvalue weighted by Gasteiger charge is -2.14. The van der Waals surface area contributed by atoms with E-state index in [1.165, 1.54) is 17.7 Å². The summed E-state index contributed by atoms with van der Waals surface area (Å²) < 4.78 is 0. The van der Waals surface area contributed by atoms with Crippen molar-refractivity contribution in [3.05, 3.63) is 136 Å². The third kappa shape index (κ3) is 6.74. The largest absolute Gasteiger partial charge is 0.506 e. The van der Waals surface area contributed by atoms with Gasteiger partial charge in [-0.3, -0.25) is 9.59 Å². The van der Waals surface area contributed by atoms with Crippen molar-refractivity contribution in [3.63, 3.8) is 0 Å². The van der Waals surface area contributed by atoms with E-state index < -0.39 is 6.10 Å². The van der Waals surface area contributed by atoms with Crippen LogP contribution in [-0.4, -0.2) is 21.0 Å². The first-order valence-electron chi connectivity index (χ1n) is 13.7. The number of aromatic hydroxyl groups is 1. The lowest BCUT2D eigenvalue weighted by Crippen LogP contribution is -2.07. The molecule has 0 saturated heterocycles. The highest BCUT2D eigenvalue weighted by Gasteiger charge is 2.14. The number of unbranched alkanes of at least 4 members (excludes halogenated alkanes) is 1. The van der Waals surface area contributed by atoms with Crippen molar-refractivity contribution in [3.8, 4) is 16.9 Å². The van der Waals surface area contributed by atoms with E-state index in [2.05, 4.69) is 41.4 Å². The van der Waals surface area contributed by atoms with Crippen LogP contribution in [0.2, 0.25) is 0 Å². The maximum Gasteiger partial charge on any atom is 0.248 e. The van der Waals surface area contributed by atoms with Crippen molar-refractivity contribution < 1.29 is 15.0 Å². The van der Waals surface area contributed by atoms with Gasteiger partial charge in [0, 0.05) is 24.3 Å². The average molecular weight is 532 g/mol. The number of nitrogens with one attached hydrogen (secondary N) is 1. The molecule has 1 heterocycles. The van der Waals surface area contributed by atoms with E-state index in [1.54, 1.807) is 12.1 Å². The molecule has 4 aromatic carbocycles. The van der Waals surface area contributed by atoms with Gasteiger partial charge >= 0.3 is 0 Å². The molecule has 0 bridgehead atoms. The Kier molecular flexibility index (Phi) is 8.53. The number of phenolic OH excluding ortho intramolecular Hbond substituents is 1. The Balaban J connectivity index is 1.11. The molecule has 5 nitrogen and oxygen atoms in total. The molecule has 0 fully saturated rings. The van der Waals surface area contributed by atoms with Crippen molar-refractivity contribution in [2.24, 2.45) is 0 Å². The zero-order valence-corrected chi connectivity index (χ0v) is 22.3. The van der Waals surface area contributed by atoms with Crippen molar-refractivity contribution in [1.29, 1.82) is 0 Å². The molecule has 0 aliphatic heterocycles. The quantitative estimate of drug-likeness (QED) is 0.165. The van der Waals surface area contributed by atoms with E-state index in [0.29, 0.717) is 35.7 Å². The molecular weight excluding hydrogens is 498 g/mol. The number of aromatic nitrogens is 1. The van der Waals surface area contributed by atoms with Gasteiger partial charge in [-0.15, -0.1) is 0 Å². The number of benzene rings is 4. The number of carbonyl (C=O) groups excluding carboxylic acids is 1. The predicted octanol–water partition coefficient (Wildman–Crippen LogP) is 6.70. The van der Waals surface area contributed by atoms with Crippen LogP contribution in [0.5, 0.6) is 5.75 Å². The van der Waals surface area contributed by atoms with Gasteiger partial charge in [0.1, 0.15) is 11.5 Å². The van der Waals surface area contributed by atoms with Gasteiger partial charge in [0.15, 0.2) is 0 Å². The molecule has 1 aromatic heterocycles. The van der Waals surface area contributed by atoms with Crippen LogP contribution >= 0.6 is 0 Å². The molecule has 0 saturated carbocycles. The number of aryl methyl sites for hydroxylation is 1. The van der Waals surface area contributed by atoms with Crippen molar-refractivity contribution >= 4 is 16.7 Å². The third-order valence-corrected chi connectivity index (χ3v) is 7.31. The molecule has 0 amide bonds. The van der Waals surface area contributed by atoms with E-state index in [1.807, 2.05) is 42.5 Å². The second-order valence-corrected chi connectivity index (χ2v) is 10.3. The van der Waals surface area contributed by atoms with Gasteiger partial charge in [-0.05, 0) is 64.8 Å². The molecule has 0 radical (unpaired) electrons. The van der Waals surface area contributed by atoms with Gasteiger partial charge in [0.25, 0.3) is 0 Å². The Morgan fingerprint density at radius 1 is 0.725 bits per heavy atom. The molecule has 1 atom stereocenters. The van der Waals surface area contributed by atoms with Gasteiger partial charge in [-0.2, -0.15) is 0 Å². The predicted molar refractivity (Wildman–Crippen MR) is 159 cm³/mol. The fraction of sp³-hybridized carbons (Fsp3) is 0.200. The molecule has 5 rings (SSSR count). The number of ketones is 1. The molecule has 202 valence electrons. The summed E-state index contributed by atoms with van der Waals surface area (Å²) in [4.78, 5) is 27.1. The SMILES string of the molecule is O=C(Cc1ccc(-c2ccccc2)cc1)Cc1cccc(CCCCC(O)c2ccc(O)c3[nH]c(=O)ccc23)c1. The standard InChI is InChI=1S/C35H33NO4/c37-29(22-25-13-15-28(16-14-25)27-10-2-1-3-11-27)23-26-9-6-8-24(21-26)7-4-5-12-32(38)30-17-19-33(39)35-31(30)18-20-34(40)36-35/h1-3,6,8-11,13-21,32,38-39H,4-5,7,12,22-23H2,(H,36,40). The molecule has 0 aliphatic rings. The molecule has 0 spiro atoms. The van der Waals surface area contributed by atoms with Gasteiger partial charge in [-0.25, -0.2) is 0 Å². The Bertz CT molecular complexity index is 1660. The summed E-state index contributed by atoms with van der Waals surface area (Å²) in [6.45, 7) is 0. The molecular formula is C35H33NO4. The van der Waals surface area contributed by atoms with E-state index in [-0.39, 0.29) is 17.1 Å².